The van der Waals surface area contributed by atoms with E-state index in [0.717, 1.165) is 4.90 Å². The van der Waals surface area contributed by atoms with E-state index < -0.39 is 35.4 Å². The third kappa shape index (κ3) is 2.39. The van der Waals surface area contributed by atoms with Crippen molar-refractivity contribution in [2.75, 3.05) is 11.5 Å². The van der Waals surface area contributed by atoms with Gasteiger partial charge in [-0.1, -0.05) is 29.3 Å². The van der Waals surface area contributed by atoms with Crippen LogP contribution in [0.3, 0.4) is 0 Å². The molecule has 0 radical (unpaired) electrons. The summed E-state index contributed by atoms with van der Waals surface area (Å²) in [7, 11) is 0. The molecule has 2 fully saturated rings. The van der Waals surface area contributed by atoms with Gasteiger partial charge in [0.05, 0.1) is 23.6 Å². The molecule has 3 aliphatic rings. The molecule has 4 rings (SSSR count). The van der Waals surface area contributed by atoms with Crippen LogP contribution in [0.2, 0.25) is 10.0 Å². The van der Waals surface area contributed by atoms with E-state index in [1.54, 1.807) is 12.2 Å². The predicted octanol–water partition coefficient (Wildman–Crippen LogP) is 2.37. The number of carbonyl (C=O) groups is 3. The molecule has 0 aromatic heterocycles. The van der Waals surface area contributed by atoms with E-state index in [1.807, 2.05) is 0 Å². The van der Waals surface area contributed by atoms with Crippen molar-refractivity contribution in [3.8, 4) is 0 Å². The van der Waals surface area contributed by atoms with Gasteiger partial charge in [0, 0.05) is 17.0 Å². The minimum Gasteiger partial charge on any atom is -0.462 e. The van der Waals surface area contributed by atoms with Crippen LogP contribution in [-0.4, -0.2) is 36.1 Å². The lowest BCUT2D eigenvalue weighted by atomic mass is 9.77. The molecule has 2 saturated heterocycles. The van der Waals surface area contributed by atoms with Crippen LogP contribution in [0.4, 0.5) is 5.69 Å². The molecular formula is C17H13Cl2NO5. The molecule has 130 valence electrons. The zero-order chi connectivity index (χ0) is 17.9. The molecule has 1 aromatic carbocycles. The van der Waals surface area contributed by atoms with E-state index in [0.29, 0.717) is 15.7 Å². The number of nitrogens with zero attached hydrogens (tertiary/aromatic N) is 1. The zero-order valence-corrected chi connectivity index (χ0v) is 14.6. The Morgan fingerprint density at radius 3 is 2.56 bits per heavy atom. The van der Waals surface area contributed by atoms with E-state index >= 15 is 0 Å². The molecule has 3 aliphatic heterocycles. The number of fused-ring (bicyclic) bond motifs is 5. The lowest BCUT2D eigenvalue weighted by Crippen LogP contribution is -2.44. The molecule has 3 heterocycles. The van der Waals surface area contributed by atoms with Crippen LogP contribution >= 0.6 is 23.2 Å². The van der Waals surface area contributed by atoms with Gasteiger partial charge in [0.25, 0.3) is 0 Å². The summed E-state index contributed by atoms with van der Waals surface area (Å²) in [4.78, 5) is 38.2. The Morgan fingerprint density at radius 2 is 1.92 bits per heavy atom. The summed E-state index contributed by atoms with van der Waals surface area (Å²) in [6.07, 6.45) is 2.93. The highest BCUT2D eigenvalue weighted by atomic mass is 35.5. The second-order valence-corrected chi connectivity index (χ2v) is 7.19. The highest BCUT2D eigenvalue weighted by Gasteiger charge is 2.68. The van der Waals surface area contributed by atoms with Gasteiger partial charge in [-0.3, -0.25) is 14.4 Å². The highest BCUT2D eigenvalue weighted by molar-refractivity contribution is 6.35. The lowest BCUT2D eigenvalue weighted by molar-refractivity contribution is -0.150. The van der Waals surface area contributed by atoms with E-state index in [4.69, 9.17) is 32.7 Å². The van der Waals surface area contributed by atoms with Gasteiger partial charge in [0.2, 0.25) is 11.8 Å². The highest BCUT2D eigenvalue weighted by Crippen LogP contribution is 2.52. The smallest absolute Gasteiger partial charge is 0.302 e. The largest absolute Gasteiger partial charge is 0.462 e. The standard InChI is InChI=1S/C17H13Cl2NO5/c1-8(21)24-7-17-3-2-12(25-17)13-14(17)16(23)20(15(13)22)11-5-9(18)4-10(19)6-11/h2-6,12-14H,7H2,1H3/t12-,13-,14-,17-/m1/s1. The van der Waals surface area contributed by atoms with Crippen molar-refractivity contribution in [3.05, 3.63) is 40.4 Å². The summed E-state index contributed by atoms with van der Waals surface area (Å²) in [5, 5.41) is 0.652. The Balaban J connectivity index is 1.71. The van der Waals surface area contributed by atoms with E-state index in [9.17, 15) is 14.4 Å². The Morgan fingerprint density at radius 1 is 1.24 bits per heavy atom. The monoisotopic (exact) mass is 381 g/mol. The van der Waals surface area contributed by atoms with Crippen molar-refractivity contribution in [1.82, 2.24) is 0 Å². The van der Waals surface area contributed by atoms with Crippen molar-refractivity contribution in [3.63, 3.8) is 0 Å². The van der Waals surface area contributed by atoms with Gasteiger partial charge in [-0.15, -0.1) is 0 Å². The first kappa shape index (κ1) is 16.6. The summed E-state index contributed by atoms with van der Waals surface area (Å²) >= 11 is 12.0. The summed E-state index contributed by atoms with van der Waals surface area (Å²) in [6, 6.07) is 4.55. The number of anilines is 1. The van der Waals surface area contributed by atoms with Crippen molar-refractivity contribution in [2.45, 2.75) is 18.6 Å². The zero-order valence-electron chi connectivity index (χ0n) is 13.1. The molecule has 2 bridgehead atoms. The Bertz CT molecular complexity index is 818. The summed E-state index contributed by atoms with van der Waals surface area (Å²) in [5.74, 6) is -2.65. The van der Waals surface area contributed by atoms with Gasteiger partial charge in [-0.05, 0) is 24.3 Å². The van der Waals surface area contributed by atoms with Crippen molar-refractivity contribution >= 4 is 46.7 Å². The van der Waals surface area contributed by atoms with Gasteiger partial charge in [-0.2, -0.15) is 0 Å². The second-order valence-electron chi connectivity index (χ2n) is 6.32. The third-order valence-electron chi connectivity index (χ3n) is 4.76. The van der Waals surface area contributed by atoms with Gasteiger partial charge < -0.3 is 9.47 Å². The SMILES string of the molecule is CC(=O)OC[C@@]12C=C[C@@H](O1)[C@H]1C(=O)N(c3cc(Cl)cc(Cl)c3)C(=O)[C@@H]12. The van der Waals surface area contributed by atoms with Gasteiger partial charge in [0.15, 0.2) is 0 Å². The average molecular weight is 382 g/mol. The number of rotatable bonds is 3. The molecule has 25 heavy (non-hydrogen) atoms. The van der Waals surface area contributed by atoms with Crippen LogP contribution in [0.15, 0.2) is 30.4 Å². The number of ether oxygens (including phenoxy) is 2. The van der Waals surface area contributed by atoms with Gasteiger partial charge in [0.1, 0.15) is 12.2 Å². The fourth-order valence-electron chi connectivity index (χ4n) is 3.80. The number of esters is 1. The van der Waals surface area contributed by atoms with Crippen molar-refractivity contribution in [2.24, 2.45) is 11.8 Å². The van der Waals surface area contributed by atoms with Crippen molar-refractivity contribution in [1.29, 1.82) is 0 Å². The minimum atomic E-state index is -1.11. The molecular weight excluding hydrogens is 369 g/mol. The topological polar surface area (TPSA) is 72.9 Å². The van der Waals surface area contributed by atoms with Crippen LogP contribution in [0.1, 0.15) is 6.92 Å². The van der Waals surface area contributed by atoms with Crippen LogP contribution in [0.5, 0.6) is 0 Å². The first-order valence-corrected chi connectivity index (χ1v) is 8.42. The number of hydrogen-bond acceptors (Lipinski definition) is 5. The lowest BCUT2D eigenvalue weighted by Gasteiger charge is -2.28. The van der Waals surface area contributed by atoms with Crippen LogP contribution in [0.25, 0.3) is 0 Å². The second kappa shape index (κ2) is 5.56. The normalized spacial score (nSPS) is 32.4. The first-order chi connectivity index (χ1) is 11.8. The summed E-state index contributed by atoms with van der Waals surface area (Å²) < 4.78 is 10.9. The number of halogens is 2. The average Bonchev–Trinajstić information content (AvgIpc) is 3.15. The quantitative estimate of drug-likeness (QED) is 0.456. The predicted molar refractivity (Wildman–Crippen MR) is 89.3 cm³/mol. The number of hydrogen-bond donors (Lipinski definition) is 0. The number of benzene rings is 1. The van der Waals surface area contributed by atoms with Crippen molar-refractivity contribution < 1.29 is 23.9 Å². The van der Waals surface area contributed by atoms with Crippen LogP contribution < -0.4 is 4.90 Å². The Kier molecular flexibility index (Phi) is 3.68. The molecule has 2 amide bonds. The van der Waals surface area contributed by atoms with Crippen LogP contribution in [-0.2, 0) is 23.9 Å². The minimum absolute atomic E-state index is 0.111. The number of carbonyl (C=O) groups excluding carboxylic acids is 3. The van der Waals surface area contributed by atoms with Gasteiger partial charge >= 0.3 is 5.97 Å². The summed E-state index contributed by atoms with van der Waals surface area (Å²) in [6.45, 7) is 1.17. The molecule has 8 heteroatoms. The molecule has 0 N–H and O–H groups in total. The molecule has 0 saturated carbocycles. The number of imide groups is 1. The molecule has 4 atom stereocenters. The molecule has 0 aliphatic carbocycles. The molecule has 0 unspecified atom stereocenters. The van der Waals surface area contributed by atoms with E-state index in [1.165, 1.54) is 25.1 Å². The summed E-state index contributed by atoms with van der Waals surface area (Å²) in [5.41, 5.74) is -0.783. The maximum atomic E-state index is 13.0. The molecule has 0 spiro atoms. The third-order valence-corrected chi connectivity index (χ3v) is 5.20. The fraction of sp³-hybridized carbons (Fsp3) is 0.353. The Labute approximate surface area is 153 Å². The van der Waals surface area contributed by atoms with Gasteiger partial charge in [-0.25, -0.2) is 4.90 Å². The van der Waals surface area contributed by atoms with E-state index in [2.05, 4.69) is 0 Å². The van der Waals surface area contributed by atoms with Crippen LogP contribution in [0, 0.1) is 11.8 Å². The maximum absolute atomic E-state index is 13.0. The Hall–Kier alpha value is -1.89. The molecule has 6 nitrogen and oxygen atoms in total. The fourth-order valence-corrected chi connectivity index (χ4v) is 4.32. The first-order valence-electron chi connectivity index (χ1n) is 7.67. The number of amides is 2. The van der Waals surface area contributed by atoms with E-state index in [-0.39, 0.29) is 12.5 Å². The molecule has 1 aromatic rings. The maximum Gasteiger partial charge on any atom is 0.302 e.